The van der Waals surface area contributed by atoms with Gasteiger partial charge in [0.15, 0.2) is 12.2 Å². The number of ether oxygens (including phenoxy) is 4. The average molecular weight is 1380 g/mol. The first-order valence-corrected chi connectivity index (χ1v) is 41.9. The minimum atomic E-state index is -4.96. The van der Waals surface area contributed by atoms with E-state index in [1.165, 1.54) is 193 Å². The minimum Gasteiger partial charge on any atom is -0.462 e. The van der Waals surface area contributed by atoms with Crippen LogP contribution in [0, 0.1) is 17.8 Å². The second kappa shape index (κ2) is 65.7. The summed E-state index contributed by atoms with van der Waals surface area (Å²) in [6, 6.07) is 0. The summed E-state index contributed by atoms with van der Waals surface area (Å²) in [5, 5.41) is 10.6. The zero-order valence-electron chi connectivity index (χ0n) is 61.4. The number of esters is 4. The molecule has 0 amide bonds. The molecule has 3 N–H and O–H groups in total. The molecule has 0 aliphatic rings. The first-order chi connectivity index (χ1) is 45.3. The van der Waals surface area contributed by atoms with E-state index in [9.17, 15) is 43.2 Å². The van der Waals surface area contributed by atoms with Crippen molar-refractivity contribution in [1.29, 1.82) is 0 Å². The van der Waals surface area contributed by atoms with Crippen LogP contribution in [0.15, 0.2) is 0 Å². The Morgan fingerprint density at radius 3 is 0.809 bits per heavy atom. The van der Waals surface area contributed by atoms with Crippen molar-refractivity contribution in [3.8, 4) is 0 Å². The first kappa shape index (κ1) is 92.1. The van der Waals surface area contributed by atoms with E-state index >= 15 is 0 Å². The first-order valence-electron chi connectivity index (χ1n) is 38.9. The zero-order chi connectivity index (χ0) is 69.4. The number of aliphatic hydroxyl groups excluding tert-OH is 1. The van der Waals surface area contributed by atoms with Gasteiger partial charge in [-0.15, -0.1) is 0 Å². The van der Waals surface area contributed by atoms with Gasteiger partial charge in [0, 0.05) is 25.7 Å². The van der Waals surface area contributed by atoms with Gasteiger partial charge in [-0.1, -0.05) is 331 Å². The molecule has 558 valence electrons. The largest absolute Gasteiger partial charge is 0.472 e. The minimum absolute atomic E-state index is 0.107. The maximum Gasteiger partial charge on any atom is 0.472 e. The lowest BCUT2D eigenvalue weighted by Crippen LogP contribution is -2.30. The molecule has 0 aliphatic heterocycles. The van der Waals surface area contributed by atoms with E-state index < -0.39 is 97.5 Å². The number of hydrogen-bond donors (Lipinski definition) is 3. The van der Waals surface area contributed by atoms with Crippen molar-refractivity contribution in [1.82, 2.24) is 0 Å². The molecule has 0 heterocycles. The van der Waals surface area contributed by atoms with Crippen LogP contribution in [0.3, 0.4) is 0 Å². The van der Waals surface area contributed by atoms with E-state index in [0.717, 1.165) is 108 Å². The standard InChI is InChI=1S/C75H146O17P2/c1-8-11-12-13-14-15-16-17-21-28-37-44-51-58-74(79)92-71(63-86-73(78)57-50-43-36-31-30-34-41-48-55-68(7)10-3)65-90-94(83,84)88-61-69(76)60-87-93(81,82)89-64-70(62-85-72(77)56-49-42-35-27-24-23-26-33-40-47-54-67(6)9-2)91-75(80)59-52-45-38-29-22-19-18-20-25-32-39-46-53-66(4)5/h66-71,76H,8-65H2,1-7H3,(H,81,82)(H,83,84)/t67?,68?,69-,70-,71-/m1/s1. The molecule has 0 aromatic rings. The van der Waals surface area contributed by atoms with E-state index in [1.807, 2.05) is 0 Å². The zero-order valence-corrected chi connectivity index (χ0v) is 63.2. The van der Waals surface area contributed by atoms with Crippen LogP contribution in [0.5, 0.6) is 0 Å². The third-order valence-corrected chi connectivity index (χ3v) is 20.0. The highest BCUT2D eigenvalue weighted by Crippen LogP contribution is 2.45. The van der Waals surface area contributed by atoms with E-state index in [1.54, 1.807) is 0 Å². The summed E-state index contributed by atoms with van der Waals surface area (Å²) in [4.78, 5) is 72.8. The van der Waals surface area contributed by atoms with Gasteiger partial charge in [0.05, 0.1) is 26.4 Å². The van der Waals surface area contributed by atoms with Gasteiger partial charge >= 0.3 is 39.5 Å². The fourth-order valence-corrected chi connectivity index (χ4v) is 12.9. The fraction of sp³-hybridized carbons (Fsp3) is 0.947. The molecule has 0 aliphatic carbocycles. The predicted molar refractivity (Wildman–Crippen MR) is 381 cm³/mol. The molecule has 0 spiro atoms. The molecule has 0 saturated carbocycles. The van der Waals surface area contributed by atoms with Gasteiger partial charge in [-0.05, 0) is 43.4 Å². The number of carbonyl (C=O) groups is 4. The Morgan fingerprint density at radius 2 is 0.543 bits per heavy atom. The molecule has 7 atom stereocenters. The number of carbonyl (C=O) groups excluding carboxylic acids is 4. The van der Waals surface area contributed by atoms with Gasteiger partial charge in [0.1, 0.15) is 19.3 Å². The number of aliphatic hydroxyl groups is 1. The number of hydrogen-bond acceptors (Lipinski definition) is 15. The second-order valence-corrected chi connectivity index (χ2v) is 30.9. The highest BCUT2D eigenvalue weighted by molar-refractivity contribution is 7.47. The van der Waals surface area contributed by atoms with Crippen LogP contribution in [0.4, 0.5) is 0 Å². The second-order valence-electron chi connectivity index (χ2n) is 28.0. The van der Waals surface area contributed by atoms with Crippen LogP contribution >= 0.6 is 15.6 Å². The Morgan fingerprint density at radius 1 is 0.309 bits per heavy atom. The van der Waals surface area contributed by atoms with Crippen molar-refractivity contribution in [2.24, 2.45) is 17.8 Å². The Kier molecular flexibility index (Phi) is 64.3. The van der Waals surface area contributed by atoms with E-state index in [4.69, 9.17) is 37.0 Å². The summed E-state index contributed by atoms with van der Waals surface area (Å²) in [5.41, 5.74) is 0. The van der Waals surface area contributed by atoms with Crippen LogP contribution in [0.2, 0.25) is 0 Å². The van der Waals surface area contributed by atoms with Crippen LogP contribution < -0.4 is 0 Å². The summed E-state index contributed by atoms with van der Waals surface area (Å²) in [6.07, 6.45) is 51.0. The lowest BCUT2D eigenvalue weighted by atomic mass is 9.99. The Labute approximate surface area is 575 Å². The third kappa shape index (κ3) is 66.0. The molecule has 94 heavy (non-hydrogen) atoms. The van der Waals surface area contributed by atoms with E-state index in [-0.39, 0.29) is 25.7 Å². The smallest absolute Gasteiger partial charge is 0.462 e. The van der Waals surface area contributed by atoms with Crippen molar-refractivity contribution < 1.29 is 80.2 Å². The van der Waals surface area contributed by atoms with Gasteiger partial charge in [-0.2, -0.15) is 0 Å². The van der Waals surface area contributed by atoms with Crippen LogP contribution in [-0.4, -0.2) is 96.7 Å². The van der Waals surface area contributed by atoms with E-state index in [0.29, 0.717) is 25.7 Å². The Bertz CT molecular complexity index is 1840. The van der Waals surface area contributed by atoms with Crippen LogP contribution in [0.25, 0.3) is 0 Å². The normalized spacial score (nSPS) is 14.7. The maximum atomic E-state index is 13.1. The molecule has 4 unspecified atom stereocenters. The van der Waals surface area contributed by atoms with Crippen molar-refractivity contribution >= 4 is 39.5 Å². The lowest BCUT2D eigenvalue weighted by molar-refractivity contribution is -0.161. The summed E-state index contributed by atoms with van der Waals surface area (Å²) in [5.74, 6) is 0.247. The molecule has 0 radical (unpaired) electrons. The molecular weight excluding hydrogens is 1230 g/mol. The molecule has 0 aromatic heterocycles. The van der Waals surface area contributed by atoms with Gasteiger partial charge in [-0.25, -0.2) is 9.13 Å². The molecule has 17 nitrogen and oxygen atoms in total. The van der Waals surface area contributed by atoms with Crippen molar-refractivity contribution in [2.45, 2.75) is 401 Å². The molecular formula is C75H146O17P2. The number of rotatable bonds is 73. The molecule has 0 rings (SSSR count). The molecule has 0 bridgehead atoms. The summed E-state index contributed by atoms with van der Waals surface area (Å²) in [6.45, 7) is 11.9. The summed E-state index contributed by atoms with van der Waals surface area (Å²) >= 11 is 0. The summed E-state index contributed by atoms with van der Waals surface area (Å²) < 4.78 is 68.5. The Balaban J connectivity index is 5.28. The number of phosphoric ester groups is 2. The molecule has 19 heteroatoms. The quantitative estimate of drug-likeness (QED) is 0.0222. The SMILES string of the molecule is CCCCCCCCCCCCCCCC(=O)O[C@H](COC(=O)CCCCCCCCCCC(C)CC)COP(=O)(O)OC[C@H](O)COP(=O)(O)OC[C@@H](COC(=O)CCCCCCCCCCCCC(C)CC)OC(=O)CCCCCCCCCCCCCCC(C)C. The van der Waals surface area contributed by atoms with Gasteiger partial charge in [0.2, 0.25) is 0 Å². The topological polar surface area (TPSA) is 237 Å². The highest BCUT2D eigenvalue weighted by atomic mass is 31.2. The Hall–Kier alpha value is -1.94. The van der Waals surface area contributed by atoms with E-state index in [2.05, 4.69) is 48.5 Å². The third-order valence-electron chi connectivity index (χ3n) is 18.1. The van der Waals surface area contributed by atoms with Gasteiger partial charge < -0.3 is 33.8 Å². The van der Waals surface area contributed by atoms with Crippen molar-refractivity contribution in [3.05, 3.63) is 0 Å². The highest BCUT2D eigenvalue weighted by Gasteiger charge is 2.30. The molecule has 0 aromatic carbocycles. The monoisotopic (exact) mass is 1380 g/mol. The van der Waals surface area contributed by atoms with Crippen LogP contribution in [0.1, 0.15) is 382 Å². The number of phosphoric acid groups is 2. The lowest BCUT2D eigenvalue weighted by Gasteiger charge is -2.21. The molecule has 0 fully saturated rings. The van der Waals surface area contributed by atoms with Gasteiger partial charge in [-0.3, -0.25) is 37.3 Å². The summed E-state index contributed by atoms with van der Waals surface area (Å²) in [7, 11) is -9.91. The maximum absolute atomic E-state index is 13.1. The number of unbranched alkanes of at least 4 members (excludes halogenated alkanes) is 39. The predicted octanol–water partition coefficient (Wildman–Crippen LogP) is 21.8. The van der Waals surface area contributed by atoms with Gasteiger partial charge in [0.25, 0.3) is 0 Å². The molecule has 0 saturated heterocycles. The average Bonchev–Trinajstić information content (AvgIpc) is 1.54. The van der Waals surface area contributed by atoms with Crippen molar-refractivity contribution in [2.75, 3.05) is 39.6 Å². The van der Waals surface area contributed by atoms with Crippen molar-refractivity contribution in [3.63, 3.8) is 0 Å². The fourth-order valence-electron chi connectivity index (χ4n) is 11.4. The van der Waals surface area contributed by atoms with Crippen LogP contribution in [-0.2, 0) is 65.4 Å².